The molecule has 1 aromatic heterocycles. The number of nitrogens with two attached hydrogens (primary N) is 1. The Morgan fingerprint density at radius 1 is 1.55 bits per heavy atom. The largest absolute Gasteiger partial charge is 0.381 e. The van der Waals surface area contributed by atoms with Crippen molar-refractivity contribution in [1.82, 2.24) is 9.29 Å². The number of ether oxygens (including phenoxy) is 1. The van der Waals surface area contributed by atoms with Crippen molar-refractivity contribution >= 4 is 15.8 Å². The van der Waals surface area contributed by atoms with Crippen LogP contribution in [0.5, 0.6) is 0 Å². The van der Waals surface area contributed by atoms with Crippen LogP contribution in [0.1, 0.15) is 12.8 Å². The number of sulfonamides is 1. The molecule has 1 aliphatic heterocycles. The summed E-state index contributed by atoms with van der Waals surface area (Å²) in [4.78, 5) is 4.09. The van der Waals surface area contributed by atoms with E-state index >= 15 is 0 Å². The third-order valence-corrected chi connectivity index (χ3v) is 5.17. The molecule has 20 heavy (non-hydrogen) atoms. The van der Waals surface area contributed by atoms with Crippen molar-refractivity contribution in [2.45, 2.75) is 17.7 Å². The minimum absolute atomic E-state index is 0.163. The molecule has 2 rings (SSSR count). The van der Waals surface area contributed by atoms with Crippen molar-refractivity contribution in [2.75, 3.05) is 32.2 Å². The van der Waals surface area contributed by atoms with Crippen LogP contribution in [0.4, 0.5) is 5.82 Å². The average Bonchev–Trinajstić information content (AvgIpc) is 2.48. The summed E-state index contributed by atoms with van der Waals surface area (Å²) in [6.07, 6.45) is 3.28. The molecule has 112 valence electrons. The van der Waals surface area contributed by atoms with Gasteiger partial charge in [0.05, 0.1) is 6.61 Å². The standard InChI is InChI=1S/C12H20N4O3S/c1-16(8-10-3-2-6-19-9-10)20(17,18)11-4-5-12(15-13)14-7-11/h4-5,7,10H,2-3,6,8-9,13H2,1H3,(H,14,15). The predicted octanol–water partition coefficient (Wildman–Crippen LogP) is 0.414. The second kappa shape index (κ2) is 6.49. The molecule has 1 saturated heterocycles. The van der Waals surface area contributed by atoms with Gasteiger partial charge in [-0.25, -0.2) is 23.5 Å². The van der Waals surface area contributed by atoms with E-state index in [1.165, 1.54) is 22.6 Å². The molecule has 0 amide bonds. The SMILES string of the molecule is CN(CC1CCCOC1)S(=O)(=O)c1ccc(NN)nc1. The number of nitrogen functional groups attached to an aromatic ring is 1. The minimum atomic E-state index is -3.52. The highest BCUT2D eigenvalue weighted by Gasteiger charge is 2.25. The zero-order chi connectivity index (χ0) is 14.6. The second-order valence-electron chi connectivity index (χ2n) is 4.89. The van der Waals surface area contributed by atoms with Gasteiger partial charge in [0.15, 0.2) is 0 Å². The normalized spacial score (nSPS) is 20.1. The monoisotopic (exact) mass is 300 g/mol. The lowest BCUT2D eigenvalue weighted by Crippen LogP contribution is -2.35. The first-order chi connectivity index (χ1) is 9.54. The van der Waals surface area contributed by atoms with Crippen molar-refractivity contribution in [3.63, 3.8) is 0 Å². The van der Waals surface area contributed by atoms with Crippen LogP contribution in [0, 0.1) is 5.92 Å². The molecule has 1 aromatic rings. The maximum atomic E-state index is 12.4. The van der Waals surface area contributed by atoms with E-state index in [1.807, 2.05) is 0 Å². The van der Waals surface area contributed by atoms with E-state index in [2.05, 4.69) is 10.4 Å². The molecule has 1 unspecified atom stereocenters. The fraction of sp³-hybridized carbons (Fsp3) is 0.583. The number of aromatic nitrogens is 1. The fourth-order valence-electron chi connectivity index (χ4n) is 2.21. The maximum absolute atomic E-state index is 12.4. The molecule has 0 saturated carbocycles. The number of pyridine rings is 1. The number of hydrogen-bond acceptors (Lipinski definition) is 6. The molecule has 0 spiro atoms. The van der Waals surface area contributed by atoms with Gasteiger partial charge < -0.3 is 10.2 Å². The van der Waals surface area contributed by atoms with E-state index in [0.29, 0.717) is 19.0 Å². The lowest BCUT2D eigenvalue weighted by molar-refractivity contribution is 0.0495. The number of nitrogens with zero attached hydrogens (tertiary/aromatic N) is 2. The van der Waals surface area contributed by atoms with Gasteiger partial charge in [-0.2, -0.15) is 0 Å². The lowest BCUT2D eigenvalue weighted by atomic mass is 10.0. The molecule has 1 aliphatic rings. The molecule has 7 nitrogen and oxygen atoms in total. The number of nitrogens with one attached hydrogen (secondary N) is 1. The number of hydrazine groups is 1. The molecule has 3 N–H and O–H groups in total. The molecular formula is C12H20N4O3S. The van der Waals surface area contributed by atoms with E-state index in [4.69, 9.17) is 10.6 Å². The van der Waals surface area contributed by atoms with E-state index in [1.54, 1.807) is 7.05 Å². The molecule has 0 radical (unpaired) electrons. The van der Waals surface area contributed by atoms with Crippen LogP contribution in [-0.4, -0.2) is 44.5 Å². The Labute approximate surface area is 119 Å². The van der Waals surface area contributed by atoms with Crippen LogP contribution in [0.15, 0.2) is 23.2 Å². The molecule has 1 atom stereocenters. The number of hydrogen-bond donors (Lipinski definition) is 2. The van der Waals surface area contributed by atoms with Crippen LogP contribution in [0.2, 0.25) is 0 Å². The van der Waals surface area contributed by atoms with Gasteiger partial charge in [0.1, 0.15) is 10.7 Å². The van der Waals surface area contributed by atoms with Gasteiger partial charge in [-0.15, -0.1) is 0 Å². The highest BCUT2D eigenvalue weighted by Crippen LogP contribution is 2.19. The Morgan fingerprint density at radius 2 is 2.35 bits per heavy atom. The van der Waals surface area contributed by atoms with Crippen LogP contribution in [-0.2, 0) is 14.8 Å². The van der Waals surface area contributed by atoms with Gasteiger partial charge >= 0.3 is 0 Å². The summed E-state index contributed by atoms with van der Waals surface area (Å²) < 4.78 is 31.5. The van der Waals surface area contributed by atoms with Crippen LogP contribution in [0.25, 0.3) is 0 Å². The summed E-state index contributed by atoms with van der Waals surface area (Å²) in [7, 11) is -1.93. The zero-order valence-corrected chi connectivity index (χ0v) is 12.3. The molecule has 0 bridgehead atoms. The first-order valence-electron chi connectivity index (χ1n) is 6.51. The van der Waals surface area contributed by atoms with E-state index in [-0.39, 0.29) is 10.8 Å². The van der Waals surface area contributed by atoms with E-state index < -0.39 is 10.0 Å². The van der Waals surface area contributed by atoms with Crippen LogP contribution in [0.3, 0.4) is 0 Å². The number of anilines is 1. The first kappa shape index (κ1) is 15.2. The van der Waals surface area contributed by atoms with Crippen molar-refractivity contribution in [3.05, 3.63) is 18.3 Å². The molecule has 0 aliphatic carbocycles. The topological polar surface area (TPSA) is 97.5 Å². The van der Waals surface area contributed by atoms with Crippen molar-refractivity contribution < 1.29 is 13.2 Å². The van der Waals surface area contributed by atoms with Crippen molar-refractivity contribution in [2.24, 2.45) is 11.8 Å². The smallest absolute Gasteiger partial charge is 0.244 e. The van der Waals surface area contributed by atoms with Gasteiger partial charge in [0.2, 0.25) is 10.0 Å². The van der Waals surface area contributed by atoms with Gasteiger partial charge in [0, 0.05) is 26.4 Å². The average molecular weight is 300 g/mol. The summed E-state index contributed by atoms with van der Waals surface area (Å²) in [6.45, 7) is 1.85. The Bertz CT molecular complexity index is 526. The Balaban J connectivity index is 2.07. The Hall–Kier alpha value is -1.22. The van der Waals surface area contributed by atoms with Crippen LogP contribution < -0.4 is 11.3 Å². The third kappa shape index (κ3) is 3.45. The summed E-state index contributed by atoms with van der Waals surface area (Å²) in [5.74, 6) is 5.88. The quantitative estimate of drug-likeness (QED) is 0.604. The van der Waals surface area contributed by atoms with Gasteiger partial charge in [-0.3, -0.25) is 0 Å². The summed E-state index contributed by atoms with van der Waals surface area (Å²) in [5.41, 5.74) is 2.36. The Kier molecular flexibility index (Phi) is 4.92. The molecule has 2 heterocycles. The van der Waals surface area contributed by atoms with Crippen molar-refractivity contribution in [1.29, 1.82) is 0 Å². The summed E-state index contributed by atoms with van der Waals surface area (Å²) in [5, 5.41) is 0. The summed E-state index contributed by atoms with van der Waals surface area (Å²) >= 11 is 0. The lowest BCUT2D eigenvalue weighted by Gasteiger charge is -2.26. The molecule has 0 aromatic carbocycles. The molecular weight excluding hydrogens is 280 g/mol. The fourth-order valence-corrected chi connectivity index (χ4v) is 3.40. The maximum Gasteiger partial charge on any atom is 0.244 e. The summed E-state index contributed by atoms with van der Waals surface area (Å²) in [6, 6.07) is 3.02. The highest BCUT2D eigenvalue weighted by molar-refractivity contribution is 7.89. The minimum Gasteiger partial charge on any atom is -0.381 e. The Morgan fingerprint density at radius 3 is 2.90 bits per heavy atom. The van der Waals surface area contributed by atoms with Gasteiger partial charge in [0.25, 0.3) is 0 Å². The first-order valence-corrected chi connectivity index (χ1v) is 7.95. The highest BCUT2D eigenvalue weighted by atomic mass is 32.2. The van der Waals surface area contributed by atoms with Gasteiger partial charge in [-0.05, 0) is 30.9 Å². The molecule has 1 fully saturated rings. The van der Waals surface area contributed by atoms with E-state index in [0.717, 1.165) is 19.4 Å². The second-order valence-corrected chi connectivity index (χ2v) is 6.94. The van der Waals surface area contributed by atoms with E-state index in [9.17, 15) is 8.42 Å². The number of rotatable bonds is 5. The predicted molar refractivity (Wildman–Crippen MR) is 75.4 cm³/mol. The van der Waals surface area contributed by atoms with Crippen LogP contribution >= 0.6 is 0 Å². The van der Waals surface area contributed by atoms with Crippen molar-refractivity contribution in [3.8, 4) is 0 Å². The zero-order valence-electron chi connectivity index (χ0n) is 11.4. The van der Waals surface area contributed by atoms with Gasteiger partial charge in [-0.1, -0.05) is 0 Å². The third-order valence-electron chi connectivity index (χ3n) is 3.36. The molecule has 8 heteroatoms.